The van der Waals surface area contributed by atoms with E-state index in [2.05, 4.69) is 4.90 Å². The number of benzene rings is 1. The highest BCUT2D eigenvalue weighted by Gasteiger charge is 2.18. The molecule has 0 radical (unpaired) electrons. The Morgan fingerprint density at radius 3 is 2.67 bits per heavy atom. The van der Waals surface area contributed by atoms with Gasteiger partial charge in [-0.3, -0.25) is 4.90 Å². The fourth-order valence-corrected chi connectivity index (χ4v) is 2.10. The number of rotatable bonds is 4. The van der Waals surface area contributed by atoms with E-state index in [0.717, 1.165) is 38.4 Å². The minimum absolute atomic E-state index is 0.406. The Bertz CT molecular complexity index is 394. The van der Waals surface area contributed by atoms with Gasteiger partial charge >= 0.3 is 7.12 Å². The van der Waals surface area contributed by atoms with Gasteiger partial charge in [0.1, 0.15) is 5.75 Å². The van der Waals surface area contributed by atoms with E-state index in [-0.39, 0.29) is 0 Å². The fourth-order valence-electron chi connectivity index (χ4n) is 2.10. The van der Waals surface area contributed by atoms with Crippen molar-refractivity contribution in [3.05, 3.63) is 23.8 Å². The molecule has 0 amide bonds. The molecule has 1 heterocycles. The van der Waals surface area contributed by atoms with Crippen LogP contribution in [0.5, 0.6) is 5.75 Å². The molecule has 1 aliphatic rings. The molecule has 0 spiro atoms. The van der Waals surface area contributed by atoms with Gasteiger partial charge in [-0.25, -0.2) is 0 Å². The van der Waals surface area contributed by atoms with Crippen LogP contribution >= 0.6 is 0 Å². The zero-order valence-electron chi connectivity index (χ0n) is 10.5. The van der Waals surface area contributed by atoms with Gasteiger partial charge < -0.3 is 19.5 Å². The predicted octanol–water partition coefficient (Wildman–Crippen LogP) is -0.793. The molecule has 6 heteroatoms. The van der Waals surface area contributed by atoms with Crippen LogP contribution in [0, 0.1) is 0 Å². The Hall–Kier alpha value is -1.08. The molecule has 2 rings (SSSR count). The maximum absolute atomic E-state index is 9.31. The van der Waals surface area contributed by atoms with Gasteiger partial charge in [0, 0.05) is 25.1 Å². The smallest absolute Gasteiger partial charge is 0.492 e. The third-order valence-electron chi connectivity index (χ3n) is 3.08. The Morgan fingerprint density at radius 2 is 2.06 bits per heavy atom. The lowest BCUT2D eigenvalue weighted by atomic mass is 9.78. The number of nitrogens with zero attached hydrogens (tertiary/aromatic N) is 1. The van der Waals surface area contributed by atoms with Crippen molar-refractivity contribution in [1.29, 1.82) is 0 Å². The lowest BCUT2D eigenvalue weighted by molar-refractivity contribution is 0.0342. The van der Waals surface area contributed by atoms with Gasteiger partial charge in [0.15, 0.2) is 0 Å². The van der Waals surface area contributed by atoms with E-state index in [1.807, 2.05) is 6.07 Å². The maximum Gasteiger partial charge on any atom is 0.492 e. The third kappa shape index (κ3) is 3.23. The second-order valence-electron chi connectivity index (χ2n) is 4.34. The first-order chi connectivity index (χ1) is 8.70. The van der Waals surface area contributed by atoms with Crippen LogP contribution in [0.3, 0.4) is 0 Å². The number of morpholine rings is 1. The van der Waals surface area contributed by atoms with Crippen molar-refractivity contribution in [2.45, 2.75) is 6.54 Å². The van der Waals surface area contributed by atoms with Crippen LogP contribution in [-0.2, 0) is 11.3 Å². The largest absolute Gasteiger partial charge is 0.497 e. The van der Waals surface area contributed by atoms with Crippen LogP contribution in [0.4, 0.5) is 0 Å². The molecule has 98 valence electrons. The van der Waals surface area contributed by atoms with Crippen LogP contribution in [0.1, 0.15) is 5.56 Å². The summed E-state index contributed by atoms with van der Waals surface area (Å²) < 4.78 is 10.4. The molecule has 0 saturated carbocycles. The predicted molar refractivity (Wildman–Crippen MR) is 68.9 cm³/mol. The normalized spacial score (nSPS) is 16.6. The van der Waals surface area contributed by atoms with E-state index < -0.39 is 7.12 Å². The van der Waals surface area contributed by atoms with Crippen molar-refractivity contribution >= 4 is 12.6 Å². The summed E-state index contributed by atoms with van der Waals surface area (Å²) in [7, 11) is 0.00709. The van der Waals surface area contributed by atoms with E-state index in [9.17, 15) is 10.0 Å². The minimum Gasteiger partial charge on any atom is -0.497 e. The summed E-state index contributed by atoms with van der Waals surface area (Å²) in [6.45, 7) is 4.11. The van der Waals surface area contributed by atoms with Crippen molar-refractivity contribution in [3.8, 4) is 5.75 Å². The fraction of sp³-hybridized carbons (Fsp3) is 0.500. The van der Waals surface area contributed by atoms with Gasteiger partial charge in [-0.1, -0.05) is 12.1 Å². The summed E-state index contributed by atoms with van der Waals surface area (Å²) in [6, 6.07) is 5.49. The summed E-state index contributed by atoms with van der Waals surface area (Å²) in [4.78, 5) is 2.28. The van der Waals surface area contributed by atoms with Gasteiger partial charge in [0.25, 0.3) is 0 Å². The standard InChI is InChI=1S/C12H18BNO4/c1-17-12-3-2-10(8-11(12)13(15)16)9-14-4-6-18-7-5-14/h2-3,8,15-16H,4-7,9H2,1H3. The van der Waals surface area contributed by atoms with Gasteiger partial charge in [-0.15, -0.1) is 0 Å². The Kier molecular flexibility index (Phi) is 4.60. The summed E-state index contributed by atoms with van der Waals surface area (Å²) in [5, 5.41) is 18.6. The Morgan fingerprint density at radius 1 is 1.33 bits per heavy atom. The summed E-state index contributed by atoms with van der Waals surface area (Å²) in [5.41, 5.74) is 1.45. The molecule has 1 saturated heterocycles. The molecule has 0 aliphatic carbocycles. The highest BCUT2D eigenvalue weighted by Crippen LogP contribution is 2.12. The summed E-state index contributed by atoms with van der Waals surface area (Å²) in [6.07, 6.45) is 0. The second kappa shape index (κ2) is 6.20. The van der Waals surface area contributed by atoms with Crippen LogP contribution in [-0.4, -0.2) is 55.5 Å². The average Bonchev–Trinajstić information content (AvgIpc) is 2.40. The first-order valence-electron chi connectivity index (χ1n) is 6.04. The monoisotopic (exact) mass is 251 g/mol. The number of hydrogen-bond donors (Lipinski definition) is 2. The molecule has 0 unspecified atom stereocenters. The van der Waals surface area contributed by atoms with Crippen molar-refractivity contribution in [2.75, 3.05) is 33.4 Å². The molecule has 18 heavy (non-hydrogen) atoms. The van der Waals surface area contributed by atoms with Gasteiger partial charge in [-0.2, -0.15) is 0 Å². The molecule has 0 bridgehead atoms. The van der Waals surface area contributed by atoms with Gasteiger partial charge in [-0.05, 0) is 11.6 Å². The Labute approximate surface area is 107 Å². The molecule has 0 atom stereocenters. The summed E-state index contributed by atoms with van der Waals surface area (Å²) in [5.74, 6) is 0.496. The second-order valence-corrected chi connectivity index (χ2v) is 4.34. The molecule has 2 N–H and O–H groups in total. The first kappa shape index (κ1) is 13.4. The number of hydrogen-bond acceptors (Lipinski definition) is 5. The van der Waals surface area contributed by atoms with Gasteiger partial charge in [0.2, 0.25) is 0 Å². The third-order valence-corrected chi connectivity index (χ3v) is 3.08. The molecular formula is C12H18BNO4. The van der Waals surface area contributed by atoms with E-state index in [0.29, 0.717) is 11.2 Å². The zero-order valence-corrected chi connectivity index (χ0v) is 10.5. The molecule has 0 aromatic heterocycles. The lowest BCUT2D eigenvalue weighted by Gasteiger charge is -2.26. The lowest BCUT2D eigenvalue weighted by Crippen LogP contribution is -2.36. The Balaban J connectivity index is 2.10. The first-order valence-corrected chi connectivity index (χ1v) is 6.04. The van der Waals surface area contributed by atoms with Crippen LogP contribution in [0.25, 0.3) is 0 Å². The van der Waals surface area contributed by atoms with Crippen LogP contribution in [0.15, 0.2) is 18.2 Å². The number of methoxy groups -OCH3 is 1. The molecule has 5 nitrogen and oxygen atoms in total. The van der Waals surface area contributed by atoms with E-state index in [1.54, 1.807) is 12.1 Å². The zero-order chi connectivity index (χ0) is 13.0. The molecule has 1 aromatic carbocycles. The van der Waals surface area contributed by atoms with Crippen LogP contribution in [0.2, 0.25) is 0 Å². The summed E-state index contributed by atoms with van der Waals surface area (Å²) >= 11 is 0. The molecule has 1 aliphatic heterocycles. The van der Waals surface area contributed by atoms with E-state index in [4.69, 9.17) is 9.47 Å². The average molecular weight is 251 g/mol. The SMILES string of the molecule is COc1ccc(CN2CCOCC2)cc1B(O)O. The van der Waals surface area contributed by atoms with Crippen molar-refractivity contribution < 1.29 is 19.5 Å². The number of ether oxygens (including phenoxy) is 2. The minimum atomic E-state index is -1.51. The molecular weight excluding hydrogens is 233 g/mol. The topological polar surface area (TPSA) is 62.2 Å². The maximum atomic E-state index is 9.31. The quantitative estimate of drug-likeness (QED) is 0.686. The van der Waals surface area contributed by atoms with Crippen molar-refractivity contribution in [1.82, 2.24) is 4.90 Å². The van der Waals surface area contributed by atoms with Crippen molar-refractivity contribution in [3.63, 3.8) is 0 Å². The van der Waals surface area contributed by atoms with Crippen LogP contribution < -0.4 is 10.2 Å². The highest BCUT2D eigenvalue weighted by atomic mass is 16.5. The van der Waals surface area contributed by atoms with E-state index >= 15 is 0 Å². The van der Waals surface area contributed by atoms with Gasteiger partial charge in [0.05, 0.1) is 20.3 Å². The van der Waals surface area contributed by atoms with Crippen molar-refractivity contribution in [2.24, 2.45) is 0 Å². The van der Waals surface area contributed by atoms with E-state index in [1.165, 1.54) is 7.11 Å². The molecule has 1 aromatic rings. The molecule has 1 fully saturated rings. The highest BCUT2D eigenvalue weighted by molar-refractivity contribution is 6.59.